The summed E-state index contributed by atoms with van der Waals surface area (Å²) in [6.45, 7) is 3.81. The van der Waals surface area contributed by atoms with Gasteiger partial charge in [-0.2, -0.15) is 0 Å². The molecule has 0 saturated carbocycles. The minimum atomic E-state index is -0.318. The number of likely N-dealkylation sites (tertiary alicyclic amines) is 1. The van der Waals surface area contributed by atoms with Gasteiger partial charge in [0.2, 0.25) is 5.91 Å². The number of benzene rings is 1. The van der Waals surface area contributed by atoms with Crippen LogP contribution in [-0.4, -0.2) is 64.1 Å². The molecule has 2 aromatic rings. The van der Waals surface area contributed by atoms with E-state index in [2.05, 4.69) is 9.88 Å². The first-order chi connectivity index (χ1) is 14.5. The number of aromatic nitrogens is 1. The molecule has 0 bridgehead atoms. The minimum absolute atomic E-state index is 0.0437. The van der Waals surface area contributed by atoms with E-state index in [1.54, 1.807) is 28.4 Å². The van der Waals surface area contributed by atoms with Gasteiger partial charge in [0.05, 0.1) is 30.7 Å². The van der Waals surface area contributed by atoms with Gasteiger partial charge in [0.1, 0.15) is 5.82 Å². The number of hydrogen-bond donors (Lipinski definition) is 1. The molecule has 1 aromatic heterocycles. The maximum Gasteiger partial charge on any atom is 0.290 e. The van der Waals surface area contributed by atoms with E-state index in [0.29, 0.717) is 31.7 Å². The maximum atomic E-state index is 14.1. The van der Waals surface area contributed by atoms with Crippen LogP contribution in [0.1, 0.15) is 29.7 Å². The molecule has 7 nitrogen and oxygen atoms in total. The Balaban J connectivity index is 0.000000806. The van der Waals surface area contributed by atoms with E-state index in [-0.39, 0.29) is 23.8 Å². The van der Waals surface area contributed by atoms with Crippen LogP contribution in [-0.2, 0) is 27.4 Å². The van der Waals surface area contributed by atoms with Crippen LogP contribution in [0, 0.1) is 5.82 Å². The fourth-order valence-corrected chi connectivity index (χ4v) is 4.57. The molecule has 3 heterocycles. The topological polar surface area (TPSA) is 83.0 Å². The molecule has 0 unspecified atom stereocenters. The number of rotatable bonds is 4. The summed E-state index contributed by atoms with van der Waals surface area (Å²) in [7, 11) is 0. The largest absolute Gasteiger partial charge is 0.483 e. The normalized spacial score (nSPS) is 19.1. The monoisotopic (exact) mass is 435 g/mol. The quantitative estimate of drug-likeness (QED) is 0.744. The number of thiazole rings is 1. The van der Waals surface area contributed by atoms with Crippen LogP contribution in [0.5, 0.6) is 0 Å². The number of carbonyl (C=O) groups excluding carboxylic acids is 1. The fraction of sp³-hybridized carbons (Fsp3) is 0.476. The highest BCUT2D eigenvalue weighted by molar-refractivity contribution is 7.09. The Labute approximate surface area is 179 Å². The molecule has 2 aliphatic heterocycles. The number of ether oxygens (including phenoxy) is 1. The SMILES string of the molecule is O=C1CCOC2(CCN(Cc3cncs3)CC2)CN1Cc1ccccc1F.O=CO. The van der Waals surface area contributed by atoms with Crippen LogP contribution in [0.15, 0.2) is 36.0 Å². The number of carboxylic acid groups (broad SMARTS) is 1. The molecule has 9 heteroatoms. The van der Waals surface area contributed by atoms with Crippen LogP contribution in [0.2, 0.25) is 0 Å². The van der Waals surface area contributed by atoms with E-state index >= 15 is 0 Å². The van der Waals surface area contributed by atoms with E-state index in [0.717, 1.165) is 32.5 Å². The maximum absolute atomic E-state index is 14.1. The third kappa shape index (κ3) is 5.84. The molecule has 0 atom stereocenters. The van der Waals surface area contributed by atoms with Crippen LogP contribution < -0.4 is 0 Å². The molecule has 4 rings (SSSR count). The molecule has 1 aromatic carbocycles. The third-order valence-corrected chi connectivity index (χ3v) is 6.27. The molecule has 2 aliphatic rings. The van der Waals surface area contributed by atoms with Crippen molar-refractivity contribution in [3.05, 3.63) is 52.2 Å². The first-order valence-electron chi connectivity index (χ1n) is 9.88. The Morgan fingerprint density at radius 2 is 2.00 bits per heavy atom. The minimum Gasteiger partial charge on any atom is -0.483 e. The zero-order valence-corrected chi connectivity index (χ0v) is 17.5. The fourth-order valence-electron chi connectivity index (χ4n) is 3.93. The predicted octanol–water partition coefficient (Wildman–Crippen LogP) is 2.77. The van der Waals surface area contributed by atoms with Gasteiger partial charge < -0.3 is 14.7 Å². The summed E-state index contributed by atoms with van der Waals surface area (Å²) in [6.07, 6.45) is 4.05. The van der Waals surface area contributed by atoms with Crippen molar-refractivity contribution in [2.24, 2.45) is 0 Å². The summed E-state index contributed by atoms with van der Waals surface area (Å²) < 4.78 is 20.2. The van der Waals surface area contributed by atoms with Crippen molar-refractivity contribution in [2.75, 3.05) is 26.2 Å². The van der Waals surface area contributed by atoms with Crippen LogP contribution in [0.3, 0.4) is 0 Å². The molecule has 0 aliphatic carbocycles. The summed E-state index contributed by atoms with van der Waals surface area (Å²) in [6, 6.07) is 6.68. The van der Waals surface area contributed by atoms with Gasteiger partial charge in [-0.15, -0.1) is 11.3 Å². The van der Waals surface area contributed by atoms with Gasteiger partial charge >= 0.3 is 0 Å². The molecule has 0 radical (unpaired) electrons. The lowest BCUT2D eigenvalue weighted by Crippen LogP contribution is -2.51. The predicted molar refractivity (Wildman–Crippen MR) is 110 cm³/mol. The lowest BCUT2D eigenvalue weighted by molar-refractivity contribution is -0.132. The average molecular weight is 436 g/mol. The van der Waals surface area contributed by atoms with E-state index in [9.17, 15) is 9.18 Å². The molecular weight excluding hydrogens is 409 g/mol. The van der Waals surface area contributed by atoms with Crippen LogP contribution in [0.4, 0.5) is 4.39 Å². The van der Waals surface area contributed by atoms with Gasteiger partial charge in [-0.3, -0.25) is 19.5 Å². The first kappa shape index (κ1) is 22.3. The average Bonchev–Trinajstić information content (AvgIpc) is 3.19. The molecule has 1 amide bonds. The van der Waals surface area contributed by atoms with Crippen molar-refractivity contribution in [1.29, 1.82) is 0 Å². The number of piperidine rings is 1. The Morgan fingerprint density at radius 1 is 1.27 bits per heavy atom. The first-order valence-corrected chi connectivity index (χ1v) is 10.8. The highest BCUT2D eigenvalue weighted by atomic mass is 32.1. The van der Waals surface area contributed by atoms with Gasteiger partial charge in [0.25, 0.3) is 6.47 Å². The van der Waals surface area contributed by atoms with Gasteiger partial charge in [0.15, 0.2) is 0 Å². The van der Waals surface area contributed by atoms with E-state index in [1.165, 1.54) is 10.9 Å². The van der Waals surface area contributed by atoms with Gasteiger partial charge in [-0.05, 0) is 18.9 Å². The number of halogens is 1. The molecule has 1 N–H and O–H groups in total. The van der Waals surface area contributed by atoms with E-state index in [4.69, 9.17) is 14.6 Å². The summed E-state index contributed by atoms with van der Waals surface area (Å²) >= 11 is 1.68. The van der Waals surface area contributed by atoms with Gasteiger partial charge in [-0.1, -0.05) is 18.2 Å². The Morgan fingerprint density at radius 3 is 2.67 bits per heavy atom. The van der Waals surface area contributed by atoms with Crippen molar-refractivity contribution in [3.63, 3.8) is 0 Å². The molecule has 30 heavy (non-hydrogen) atoms. The van der Waals surface area contributed by atoms with Gasteiger partial charge in [0, 0.05) is 42.8 Å². The molecule has 2 saturated heterocycles. The van der Waals surface area contributed by atoms with Crippen molar-refractivity contribution in [3.8, 4) is 0 Å². The third-order valence-electron chi connectivity index (χ3n) is 5.51. The highest BCUT2D eigenvalue weighted by Gasteiger charge is 2.40. The zero-order valence-electron chi connectivity index (χ0n) is 16.7. The molecular formula is C21H26FN3O4S. The summed E-state index contributed by atoms with van der Waals surface area (Å²) in [5, 5.41) is 6.89. The smallest absolute Gasteiger partial charge is 0.290 e. The van der Waals surface area contributed by atoms with Crippen molar-refractivity contribution in [2.45, 2.75) is 38.0 Å². The summed E-state index contributed by atoms with van der Waals surface area (Å²) in [5.41, 5.74) is 2.11. The second-order valence-corrected chi connectivity index (χ2v) is 8.44. The number of carbonyl (C=O) groups is 2. The summed E-state index contributed by atoms with van der Waals surface area (Å²) in [5.74, 6) is -0.217. The molecule has 2 fully saturated rings. The van der Waals surface area contributed by atoms with Gasteiger partial charge in [-0.25, -0.2) is 4.39 Å². The summed E-state index contributed by atoms with van der Waals surface area (Å²) in [4.78, 5) is 30.5. The number of hydrogen-bond acceptors (Lipinski definition) is 6. The van der Waals surface area contributed by atoms with Crippen LogP contribution >= 0.6 is 11.3 Å². The second-order valence-electron chi connectivity index (χ2n) is 7.47. The van der Waals surface area contributed by atoms with E-state index < -0.39 is 0 Å². The Bertz CT molecular complexity index is 825. The number of nitrogens with zero attached hydrogens (tertiary/aromatic N) is 3. The zero-order chi connectivity index (χ0) is 21.4. The van der Waals surface area contributed by atoms with Crippen molar-refractivity contribution in [1.82, 2.24) is 14.8 Å². The highest BCUT2D eigenvalue weighted by Crippen LogP contribution is 2.31. The molecule has 1 spiro atoms. The second kappa shape index (κ2) is 10.6. The Kier molecular flexibility index (Phi) is 7.89. The van der Waals surface area contributed by atoms with Crippen LogP contribution in [0.25, 0.3) is 0 Å². The Hall–Kier alpha value is -2.36. The van der Waals surface area contributed by atoms with Crippen molar-refractivity contribution >= 4 is 23.7 Å². The molecule has 162 valence electrons. The standard InChI is InChI=1S/C20H24FN3O2S.CH2O2/c21-18-4-2-1-3-16(18)12-24-14-20(26-10-5-19(24)25)6-8-23(9-7-20)13-17-11-22-15-27-17;2-1-3/h1-4,11,15H,5-10,12-14H2;1H,(H,2,3). The lowest BCUT2D eigenvalue weighted by atomic mass is 9.90. The number of amides is 1. The van der Waals surface area contributed by atoms with E-state index in [1.807, 2.05) is 17.8 Å². The van der Waals surface area contributed by atoms with Crippen molar-refractivity contribution < 1.29 is 23.8 Å². The lowest BCUT2D eigenvalue weighted by Gasteiger charge is -2.42.